The maximum atomic E-state index is 12.1. The monoisotopic (exact) mass is 300 g/mol. The number of Topliss-reactive ketones (excluding diaryl/α,β-unsaturated/α-hetero) is 1. The first kappa shape index (κ1) is 14.7. The topological polar surface area (TPSA) is 34.1 Å². The first-order chi connectivity index (χ1) is 10.5. The summed E-state index contributed by atoms with van der Waals surface area (Å²) in [7, 11) is 0. The summed E-state index contributed by atoms with van der Waals surface area (Å²) in [6, 6.07) is 0. The van der Waals surface area contributed by atoms with Crippen molar-refractivity contribution >= 4 is 11.6 Å². The molecule has 3 saturated carbocycles. The molecule has 0 amide bonds. The lowest BCUT2D eigenvalue weighted by Crippen LogP contribution is -2.47. The fourth-order valence-electron chi connectivity index (χ4n) is 6.85. The Labute approximate surface area is 133 Å². The van der Waals surface area contributed by atoms with E-state index in [2.05, 4.69) is 6.92 Å². The van der Waals surface area contributed by atoms with Gasteiger partial charge in [-0.15, -0.1) is 0 Å². The second-order valence-corrected chi connectivity index (χ2v) is 8.59. The number of carbonyl (C=O) groups is 2. The van der Waals surface area contributed by atoms with Crippen LogP contribution < -0.4 is 0 Å². The van der Waals surface area contributed by atoms with Crippen LogP contribution in [0.4, 0.5) is 0 Å². The Morgan fingerprint density at radius 1 is 1.09 bits per heavy atom. The van der Waals surface area contributed by atoms with E-state index in [0.29, 0.717) is 23.4 Å². The van der Waals surface area contributed by atoms with E-state index in [0.717, 1.165) is 43.4 Å². The first-order valence-electron chi connectivity index (χ1n) is 9.24. The molecule has 2 nitrogen and oxygen atoms in total. The number of carbonyl (C=O) groups excluding carboxylic acids is 2. The third-order valence-corrected chi connectivity index (χ3v) is 7.79. The summed E-state index contributed by atoms with van der Waals surface area (Å²) in [6.07, 6.45) is 11.1. The van der Waals surface area contributed by atoms with E-state index in [-0.39, 0.29) is 5.41 Å². The van der Waals surface area contributed by atoms with E-state index in [1.165, 1.54) is 31.3 Å². The molecule has 120 valence electrons. The van der Waals surface area contributed by atoms with Crippen molar-refractivity contribution in [1.82, 2.24) is 0 Å². The standard InChI is InChI=1S/C20H28O2/c1-12(21)18-7-8-19-17-5-3-13-11-14(22)4-6-15(13)16(17)9-10-20(18,19)2/h11,15-19H,3-10H2,1-2H3/t15-,16+,17+,18+,19-,20+/m1/s1. The number of ketones is 2. The van der Waals surface area contributed by atoms with Crippen LogP contribution in [0, 0.1) is 35.0 Å². The van der Waals surface area contributed by atoms with Crippen molar-refractivity contribution in [3.8, 4) is 0 Å². The van der Waals surface area contributed by atoms with E-state index in [4.69, 9.17) is 0 Å². The normalized spacial score (nSPS) is 47.3. The van der Waals surface area contributed by atoms with Gasteiger partial charge in [0, 0.05) is 12.3 Å². The van der Waals surface area contributed by atoms with Gasteiger partial charge in [-0.3, -0.25) is 9.59 Å². The molecule has 0 aliphatic heterocycles. The van der Waals surface area contributed by atoms with Gasteiger partial charge in [0.2, 0.25) is 0 Å². The van der Waals surface area contributed by atoms with Crippen LogP contribution >= 0.6 is 0 Å². The molecule has 4 rings (SSSR count). The molecule has 0 saturated heterocycles. The van der Waals surface area contributed by atoms with Crippen molar-refractivity contribution in [1.29, 1.82) is 0 Å². The van der Waals surface area contributed by atoms with Crippen LogP contribution in [0.3, 0.4) is 0 Å². The summed E-state index contributed by atoms with van der Waals surface area (Å²) < 4.78 is 0. The summed E-state index contributed by atoms with van der Waals surface area (Å²) in [6.45, 7) is 4.21. The Kier molecular flexibility index (Phi) is 3.36. The van der Waals surface area contributed by atoms with Crippen LogP contribution in [-0.4, -0.2) is 11.6 Å². The predicted molar refractivity (Wildman–Crippen MR) is 86.3 cm³/mol. The molecule has 4 aliphatic carbocycles. The summed E-state index contributed by atoms with van der Waals surface area (Å²) in [5.41, 5.74) is 1.72. The van der Waals surface area contributed by atoms with Crippen LogP contribution in [0.1, 0.15) is 65.2 Å². The average molecular weight is 300 g/mol. The minimum Gasteiger partial charge on any atom is -0.300 e. The van der Waals surface area contributed by atoms with Gasteiger partial charge in [-0.2, -0.15) is 0 Å². The third kappa shape index (κ3) is 1.98. The van der Waals surface area contributed by atoms with Crippen molar-refractivity contribution in [3.05, 3.63) is 11.6 Å². The van der Waals surface area contributed by atoms with Crippen molar-refractivity contribution in [2.75, 3.05) is 0 Å². The summed E-state index contributed by atoms with van der Waals surface area (Å²) in [5.74, 6) is 4.10. The predicted octanol–water partition coefficient (Wildman–Crippen LogP) is 4.33. The minimum atomic E-state index is 0.263. The Morgan fingerprint density at radius 3 is 2.68 bits per heavy atom. The van der Waals surface area contributed by atoms with Crippen LogP contribution in [0.15, 0.2) is 11.6 Å². The number of hydrogen-bond donors (Lipinski definition) is 0. The maximum Gasteiger partial charge on any atom is 0.155 e. The summed E-state index contributed by atoms with van der Waals surface area (Å²) >= 11 is 0. The summed E-state index contributed by atoms with van der Waals surface area (Å²) in [5, 5.41) is 0. The second-order valence-electron chi connectivity index (χ2n) is 8.59. The van der Waals surface area contributed by atoms with Crippen molar-refractivity contribution in [2.24, 2.45) is 35.0 Å². The molecule has 6 atom stereocenters. The molecule has 4 aliphatic rings. The lowest BCUT2D eigenvalue weighted by Gasteiger charge is -2.53. The molecule has 0 aromatic heterocycles. The fourth-order valence-corrected chi connectivity index (χ4v) is 6.85. The molecule has 0 unspecified atom stereocenters. The highest BCUT2D eigenvalue weighted by Gasteiger charge is 2.57. The molecular weight excluding hydrogens is 272 g/mol. The van der Waals surface area contributed by atoms with E-state index in [1.54, 1.807) is 6.92 Å². The van der Waals surface area contributed by atoms with E-state index in [1.807, 2.05) is 6.08 Å². The maximum absolute atomic E-state index is 12.1. The zero-order valence-corrected chi connectivity index (χ0v) is 13.9. The van der Waals surface area contributed by atoms with Gasteiger partial charge >= 0.3 is 0 Å². The largest absolute Gasteiger partial charge is 0.300 e. The third-order valence-electron chi connectivity index (χ3n) is 7.79. The van der Waals surface area contributed by atoms with Crippen LogP contribution in [0.25, 0.3) is 0 Å². The van der Waals surface area contributed by atoms with E-state index in [9.17, 15) is 9.59 Å². The number of hydrogen-bond acceptors (Lipinski definition) is 2. The lowest BCUT2D eigenvalue weighted by molar-refractivity contribution is -0.127. The molecule has 0 radical (unpaired) electrons. The number of rotatable bonds is 1. The molecule has 0 spiro atoms. The molecular formula is C20H28O2. The molecule has 0 heterocycles. The second kappa shape index (κ2) is 5.04. The molecule has 0 N–H and O–H groups in total. The zero-order chi connectivity index (χ0) is 15.5. The Hall–Kier alpha value is -0.920. The average Bonchev–Trinajstić information content (AvgIpc) is 2.84. The van der Waals surface area contributed by atoms with Crippen LogP contribution in [0.2, 0.25) is 0 Å². The summed E-state index contributed by atoms with van der Waals surface area (Å²) in [4.78, 5) is 23.8. The highest BCUT2D eigenvalue weighted by atomic mass is 16.1. The lowest BCUT2D eigenvalue weighted by atomic mass is 9.51. The SMILES string of the molecule is CC(=O)[C@@H]1CC[C@@H]2[C@H]3CCC4=CC(=O)CC[C@H]4[C@@H]3CC[C@]21C. The minimum absolute atomic E-state index is 0.263. The van der Waals surface area contributed by atoms with Gasteiger partial charge in [0.15, 0.2) is 5.78 Å². The molecule has 3 fully saturated rings. The van der Waals surface area contributed by atoms with Crippen molar-refractivity contribution in [3.63, 3.8) is 0 Å². The van der Waals surface area contributed by atoms with Gasteiger partial charge in [0.25, 0.3) is 0 Å². The van der Waals surface area contributed by atoms with E-state index >= 15 is 0 Å². The zero-order valence-electron chi connectivity index (χ0n) is 13.9. The van der Waals surface area contributed by atoms with Crippen LogP contribution in [0.5, 0.6) is 0 Å². The van der Waals surface area contributed by atoms with Crippen LogP contribution in [-0.2, 0) is 9.59 Å². The van der Waals surface area contributed by atoms with Gasteiger partial charge in [0.05, 0.1) is 0 Å². The number of fused-ring (bicyclic) bond motifs is 5. The Morgan fingerprint density at radius 2 is 1.91 bits per heavy atom. The highest BCUT2D eigenvalue weighted by molar-refractivity contribution is 5.91. The number of allylic oxidation sites excluding steroid dienone is 1. The fraction of sp³-hybridized carbons (Fsp3) is 0.800. The molecule has 0 aromatic carbocycles. The van der Waals surface area contributed by atoms with Gasteiger partial charge in [-0.1, -0.05) is 12.5 Å². The van der Waals surface area contributed by atoms with Crippen molar-refractivity contribution in [2.45, 2.75) is 65.2 Å². The quantitative estimate of drug-likeness (QED) is 0.722. The van der Waals surface area contributed by atoms with Crippen molar-refractivity contribution < 1.29 is 9.59 Å². The Bertz CT molecular complexity index is 546. The van der Waals surface area contributed by atoms with Gasteiger partial charge in [-0.25, -0.2) is 0 Å². The Balaban J connectivity index is 1.62. The molecule has 0 bridgehead atoms. The van der Waals surface area contributed by atoms with E-state index < -0.39 is 0 Å². The highest BCUT2D eigenvalue weighted by Crippen LogP contribution is 2.63. The molecule has 0 aromatic rings. The first-order valence-corrected chi connectivity index (χ1v) is 9.24. The van der Waals surface area contributed by atoms with Gasteiger partial charge in [0.1, 0.15) is 5.78 Å². The van der Waals surface area contributed by atoms with Gasteiger partial charge in [-0.05, 0) is 87.0 Å². The molecule has 22 heavy (non-hydrogen) atoms. The van der Waals surface area contributed by atoms with Gasteiger partial charge < -0.3 is 0 Å². The smallest absolute Gasteiger partial charge is 0.155 e. The molecule has 2 heteroatoms.